The van der Waals surface area contributed by atoms with Gasteiger partial charge in [-0.2, -0.15) is 5.10 Å². The number of rotatable bonds is 5. The Morgan fingerprint density at radius 2 is 2.08 bits per heavy atom. The van der Waals surface area contributed by atoms with Crippen LogP contribution in [0.5, 0.6) is 0 Å². The molecule has 2 amide bonds. The van der Waals surface area contributed by atoms with Gasteiger partial charge >= 0.3 is 6.03 Å². The zero-order valence-corrected chi connectivity index (χ0v) is 14.2. The number of hydrogen-bond acceptors (Lipinski definition) is 2. The van der Waals surface area contributed by atoms with Crippen LogP contribution < -0.4 is 10.6 Å². The van der Waals surface area contributed by atoms with Crippen LogP contribution in [-0.4, -0.2) is 20.8 Å². The van der Waals surface area contributed by atoms with Crippen molar-refractivity contribution in [2.24, 2.45) is 5.92 Å². The van der Waals surface area contributed by atoms with E-state index >= 15 is 0 Å². The van der Waals surface area contributed by atoms with Gasteiger partial charge in [0, 0.05) is 29.7 Å². The van der Waals surface area contributed by atoms with Gasteiger partial charge in [-0.15, -0.1) is 0 Å². The summed E-state index contributed by atoms with van der Waals surface area (Å²) in [4.78, 5) is 15.4. The molecule has 0 saturated heterocycles. The lowest BCUT2D eigenvalue weighted by Crippen LogP contribution is -2.30. The molecule has 0 radical (unpaired) electrons. The van der Waals surface area contributed by atoms with Crippen LogP contribution in [0.25, 0.3) is 10.9 Å². The number of urea groups is 1. The monoisotopic (exact) mass is 325 g/mol. The van der Waals surface area contributed by atoms with Crippen molar-refractivity contribution in [2.75, 3.05) is 5.32 Å². The average Bonchev–Trinajstić information content (AvgIpc) is 3.21. The molecule has 0 aliphatic rings. The maximum absolute atomic E-state index is 12.2. The molecule has 0 bridgehead atoms. The van der Waals surface area contributed by atoms with Crippen LogP contribution in [0, 0.1) is 5.92 Å². The predicted molar refractivity (Wildman–Crippen MR) is 95.9 cm³/mol. The van der Waals surface area contributed by atoms with Gasteiger partial charge in [-0.05, 0) is 30.5 Å². The minimum absolute atomic E-state index is 0.212. The number of nitrogens with one attached hydrogen (secondary N) is 3. The molecular weight excluding hydrogens is 302 g/mol. The standard InChI is InChI=1S/C18H23N5O/c1-12(2)13(3)23-17(8-10-21-23)22-18(24)20-11-14-5-4-6-16-15(14)7-9-19-16/h4-10,12-13,19H,11H2,1-3H3,(H2,20,22,24)/t13-/m1/s1. The van der Waals surface area contributed by atoms with E-state index in [0.717, 1.165) is 16.5 Å². The van der Waals surface area contributed by atoms with Gasteiger partial charge in [-0.3, -0.25) is 5.32 Å². The van der Waals surface area contributed by atoms with Crippen molar-refractivity contribution in [1.29, 1.82) is 0 Å². The van der Waals surface area contributed by atoms with Gasteiger partial charge in [0.15, 0.2) is 0 Å². The van der Waals surface area contributed by atoms with E-state index < -0.39 is 0 Å². The summed E-state index contributed by atoms with van der Waals surface area (Å²) in [6.07, 6.45) is 3.61. The van der Waals surface area contributed by atoms with Crippen molar-refractivity contribution >= 4 is 22.8 Å². The summed E-state index contributed by atoms with van der Waals surface area (Å²) >= 11 is 0. The van der Waals surface area contributed by atoms with E-state index in [0.29, 0.717) is 18.3 Å². The van der Waals surface area contributed by atoms with E-state index in [1.165, 1.54) is 0 Å². The summed E-state index contributed by atoms with van der Waals surface area (Å²) in [7, 11) is 0. The van der Waals surface area contributed by atoms with E-state index in [2.05, 4.69) is 41.5 Å². The zero-order chi connectivity index (χ0) is 17.1. The molecule has 0 saturated carbocycles. The second kappa shape index (κ2) is 6.78. The second-order valence-electron chi connectivity index (χ2n) is 6.31. The molecule has 3 rings (SSSR count). The van der Waals surface area contributed by atoms with Crippen molar-refractivity contribution in [3.63, 3.8) is 0 Å². The Hall–Kier alpha value is -2.76. The lowest BCUT2D eigenvalue weighted by atomic mass is 10.1. The Morgan fingerprint density at radius 3 is 2.88 bits per heavy atom. The third-order valence-corrected chi connectivity index (χ3v) is 4.39. The van der Waals surface area contributed by atoms with Crippen LogP contribution in [0.3, 0.4) is 0 Å². The van der Waals surface area contributed by atoms with Crippen LogP contribution in [-0.2, 0) is 6.54 Å². The number of amides is 2. The normalized spacial score (nSPS) is 12.5. The lowest BCUT2D eigenvalue weighted by molar-refractivity contribution is 0.251. The molecule has 24 heavy (non-hydrogen) atoms. The van der Waals surface area contributed by atoms with Crippen molar-refractivity contribution in [2.45, 2.75) is 33.4 Å². The Labute approximate surface area is 141 Å². The molecule has 0 aliphatic heterocycles. The Kier molecular flexibility index (Phi) is 4.55. The number of anilines is 1. The highest BCUT2D eigenvalue weighted by Crippen LogP contribution is 2.21. The quantitative estimate of drug-likeness (QED) is 0.665. The number of nitrogens with zero attached hydrogens (tertiary/aromatic N) is 2. The van der Waals surface area contributed by atoms with Gasteiger partial charge in [0.2, 0.25) is 0 Å². The molecular formula is C18H23N5O. The number of fused-ring (bicyclic) bond motifs is 1. The number of aromatic amines is 1. The third-order valence-electron chi connectivity index (χ3n) is 4.39. The topological polar surface area (TPSA) is 74.7 Å². The highest BCUT2D eigenvalue weighted by atomic mass is 16.2. The van der Waals surface area contributed by atoms with E-state index in [-0.39, 0.29) is 12.1 Å². The zero-order valence-electron chi connectivity index (χ0n) is 14.2. The molecule has 1 atom stereocenters. The van der Waals surface area contributed by atoms with Gasteiger partial charge in [0.25, 0.3) is 0 Å². The number of hydrogen-bond donors (Lipinski definition) is 3. The Morgan fingerprint density at radius 1 is 1.25 bits per heavy atom. The second-order valence-corrected chi connectivity index (χ2v) is 6.31. The van der Waals surface area contributed by atoms with Crippen molar-refractivity contribution in [3.05, 3.63) is 48.3 Å². The first kappa shape index (κ1) is 16.1. The fourth-order valence-electron chi connectivity index (χ4n) is 2.66. The van der Waals surface area contributed by atoms with Crippen LogP contribution in [0.4, 0.5) is 10.6 Å². The van der Waals surface area contributed by atoms with Crippen LogP contribution in [0.1, 0.15) is 32.4 Å². The number of benzene rings is 1. The Balaban J connectivity index is 1.65. The molecule has 3 aromatic rings. The molecule has 6 heteroatoms. The van der Waals surface area contributed by atoms with Crippen LogP contribution in [0.15, 0.2) is 42.7 Å². The summed E-state index contributed by atoms with van der Waals surface area (Å²) in [5, 5.41) is 11.2. The van der Waals surface area contributed by atoms with Crippen molar-refractivity contribution in [1.82, 2.24) is 20.1 Å². The van der Waals surface area contributed by atoms with Gasteiger partial charge in [-0.25, -0.2) is 9.48 Å². The highest BCUT2D eigenvalue weighted by Gasteiger charge is 2.15. The van der Waals surface area contributed by atoms with Crippen molar-refractivity contribution < 1.29 is 4.79 Å². The van der Waals surface area contributed by atoms with Crippen molar-refractivity contribution in [3.8, 4) is 0 Å². The van der Waals surface area contributed by atoms with Crippen LogP contribution in [0.2, 0.25) is 0 Å². The molecule has 2 heterocycles. The SMILES string of the molecule is CC(C)[C@@H](C)n1nccc1NC(=O)NCc1cccc2[nH]ccc12. The fourth-order valence-corrected chi connectivity index (χ4v) is 2.66. The fraction of sp³-hybridized carbons (Fsp3) is 0.333. The highest BCUT2D eigenvalue weighted by molar-refractivity contribution is 5.89. The number of carbonyl (C=O) groups excluding carboxylic acids is 1. The first-order valence-electron chi connectivity index (χ1n) is 8.19. The third kappa shape index (κ3) is 3.27. The first-order valence-corrected chi connectivity index (χ1v) is 8.19. The average molecular weight is 325 g/mol. The van der Waals surface area contributed by atoms with E-state index in [4.69, 9.17) is 0 Å². The summed E-state index contributed by atoms with van der Waals surface area (Å²) < 4.78 is 1.84. The van der Waals surface area contributed by atoms with Crippen LogP contribution >= 0.6 is 0 Å². The minimum atomic E-state index is -0.236. The van der Waals surface area contributed by atoms with E-state index in [1.54, 1.807) is 6.20 Å². The largest absolute Gasteiger partial charge is 0.361 e. The van der Waals surface area contributed by atoms with Gasteiger partial charge in [-0.1, -0.05) is 26.0 Å². The maximum Gasteiger partial charge on any atom is 0.320 e. The Bertz CT molecular complexity index is 833. The number of aromatic nitrogens is 3. The smallest absolute Gasteiger partial charge is 0.320 e. The maximum atomic E-state index is 12.2. The van der Waals surface area contributed by atoms with Gasteiger partial charge in [0.05, 0.1) is 12.2 Å². The molecule has 126 valence electrons. The number of H-pyrrole nitrogens is 1. The summed E-state index contributed by atoms with van der Waals surface area (Å²) in [6, 6.07) is 9.82. The molecule has 3 N–H and O–H groups in total. The predicted octanol–water partition coefficient (Wildman–Crippen LogP) is 3.90. The van der Waals surface area contributed by atoms with Gasteiger partial charge < -0.3 is 10.3 Å². The summed E-state index contributed by atoms with van der Waals surface area (Å²) in [5.41, 5.74) is 2.14. The summed E-state index contributed by atoms with van der Waals surface area (Å²) in [5.74, 6) is 1.13. The van der Waals surface area contributed by atoms with E-state index in [9.17, 15) is 4.79 Å². The molecule has 2 aromatic heterocycles. The molecule has 0 spiro atoms. The number of carbonyl (C=O) groups is 1. The first-order chi connectivity index (χ1) is 11.6. The van der Waals surface area contributed by atoms with Gasteiger partial charge in [0.1, 0.15) is 5.82 Å². The molecule has 1 aromatic carbocycles. The molecule has 6 nitrogen and oxygen atoms in total. The molecule has 0 aliphatic carbocycles. The molecule has 0 fully saturated rings. The molecule has 0 unspecified atom stereocenters. The minimum Gasteiger partial charge on any atom is -0.361 e. The lowest BCUT2D eigenvalue weighted by Gasteiger charge is -2.19. The van der Waals surface area contributed by atoms with E-state index in [1.807, 2.05) is 41.2 Å². The summed E-state index contributed by atoms with van der Waals surface area (Å²) in [6.45, 7) is 6.82.